The number of oxazole rings is 1. The molecule has 4 aromatic rings. The van der Waals surface area contributed by atoms with Crippen LogP contribution in [0.2, 0.25) is 0 Å². The topological polar surface area (TPSA) is 124 Å². The molecule has 9 nitrogen and oxygen atoms in total. The van der Waals surface area contributed by atoms with Gasteiger partial charge in [-0.25, -0.2) is 31.9 Å². The van der Waals surface area contributed by atoms with Crippen LogP contribution in [0.15, 0.2) is 47.3 Å². The number of fused-ring (bicyclic) bond motifs is 5. The Labute approximate surface area is 224 Å². The maximum atomic E-state index is 14.5. The highest BCUT2D eigenvalue weighted by Gasteiger charge is 2.65. The number of rotatable bonds is 6. The zero-order chi connectivity index (χ0) is 27.7. The Morgan fingerprint density at radius 2 is 1.85 bits per heavy atom. The number of hydrogen-bond acceptors (Lipinski definition) is 8. The summed E-state index contributed by atoms with van der Waals surface area (Å²) in [6.45, 7) is 5.96. The molecule has 0 spiro atoms. The quantitative estimate of drug-likeness (QED) is 0.366. The summed E-state index contributed by atoms with van der Waals surface area (Å²) in [5.74, 6) is -1.09. The minimum atomic E-state index is -3.43. The first-order chi connectivity index (χ1) is 18.4. The van der Waals surface area contributed by atoms with Crippen molar-refractivity contribution in [3.8, 4) is 22.8 Å². The smallest absolute Gasteiger partial charge is 0.246 e. The molecule has 0 saturated heterocycles. The first kappa shape index (κ1) is 25.6. The number of hydrogen-bond donors (Lipinski definition) is 1. The van der Waals surface area contributed by atoms with E-state index in [4.69, 9.17) is 9.40 Å². The zero-order valence-electron chi connectivity index (χ0n) is 21.7. The number of sulfonamides is 1. The van der Waals surface area contributed by atoms with E-state index in [2.05, 4.69) is 38.7 Å². The van der Waals surface area contributed by atoms with E-state index in [0.29, 0.717) is 17.1 Å². The van der Waals surface area contributed by atoms with Crippen LogP contribution < -0.4 is 4.72 Å². The molecule has 0 amide bonds. The first-order valence-corrected chi connectivity index (χ1v) is 14.4. The predicted molar refractivity (Wildman–Crippen MR) is 138 cm³/mol. The van der Waals surface area contributed by atoms with E-state index in [-0.39, 0.29) is 28.5 Å². The van der Waals surface area contributed by atoms with Crippen LogP contribution in [0.4, 0.5) is 8.78 Å². The molecule has 1 N–H and O–H groups in total. The van der Waals surface area contributed by atoms with Gasteiger partial charge < -0.3 is 4.42 Å². The molecule has 2 aliphatic carbocycles. The van der Waals surface area contributed by atoms with Gasteiger partial charge >= 0.3 is 0 Å². The number of halogens is 2. The van der Waals surface area contributed by atoms with Gasteiger partial charge in [-0.3, -0.25) is 4.98 Å². The van der Waals surface area contributed by atoms with Crippen LogP contribution in [0.3, 0.4) is 0 Å². The highest BCUT2D eigenvalue weighted by Crippen LogP contribution is 2.69. The lowest BCUT2D eigenvalue weighted by atomic mass is 9.66. The number of nitrogens with one attached hydrogen (secondary N) is 1. The van der Waals surface area contributed by atoms with Gasteiger partial charge in [0.15, 0.2) is 0 Å². The van der Waals surface area contributed by atoms with Crippen LogP contribution in [0.25, 0.3) is 22.8 Å². The van der Waals surface area contributed by atoms with Crippen LogP contribution >= 0.6 is 0 Å². The van der Waals surface area contributed by atoms with Crippen molar-refractivity contribution in [1.82, 2.24) is 29.9 Å². The fourth-order valence-corrected chi connectivity index (χ4v) is 7.18. The highest BCUT2D eigenvalue weighted by molar-refractivity contribution is 7.88. The van der Waals surface area contributed by atoms with E-state index in [0.717, 1.165) is 30.4 Å². The van der Waals surface area contributed by atoms with Gasteiger partial charge in [-0.1, -0.05) is 19.9 Å². The Bertz CT molecular complexity index is 1700. The molecule has 3 aromatic heterocycles. The van der Waals surface area contributed by atoms with Crippen molar-refractivity contribution in [3.05, 3.63) is 77.2 Å². The Kier molecular flexibility index (Phi) is 5.71. The van der Waals surface area contributed by atoms with E-state index >= 15 is 0 Å². The number of aromatic nitrogens is 5. The fourth-order valence-electron chi connectivity index (χ4n) is 6.42. The molecule has 3 heterocycles. The van der Waals surface area contributed by atoms with Crippen LogP contribution in [0, 0.1) is 17.0 Å². The molecule has 2 aliphatic rings. The lowest BCUT2D eigenvalue weighted by Gasteiger charge is -2.37. The third-order valence-electron chi connectivity index (χ3n) is 8.25. The van der Waals surface area contributed by atoms with Crippen molar-refractivity contribution >= 4 is 10.0 Å². The SMILES string of the molecule is C[C@H](NS(C)(=O)=O)c1coc(-c2cncc([C@@]34CC[C@@H](c5cc(-c6c(F)cccc6F)nnc53)C4(C)C)n2)n1. The largest absolute Gasteiger partial charge is 0.443 e. The van der Waals surface area contributed by atoms with Gasteiger partial charge in [-0.15, -0.1) is 5.10 Å². The predicted octanol–water partition coefficient (Wildman–Crippen LogP) is 4.68. The molecule has 1 saturated carbocycles. The molecule has 6 rings (SSSR count). The van der Waals surface area contributed by atoms with Gasteiger partial charge in [0.25, 0.3) is 0 Å². The minimum absolute atomic E-state index is 0.0818. The molecule has 12 heteroatoms. The second-order valence-electron chi connectivity index (χ2n) is 10.8. The van der Waals surface area contributed by atoms with Crippen molar-refractivity contribution in [2.45, 2.75) is 51.0 Å². The second kappa shape index (κ2) is 8.68. The number of nitrogens with zero attached hydrogens (tertiary/aromatic N) is 5. The average Bonchev–Trinajstić information content (AvgIpc) is 3.52. The van der Waals surface area contributed by atoms with Gasteiger partial charge in [0.05, 0.1) is 52.2 Å². The second-order valence-corrected chi connectivity index (χ2v) is 12.6. The van der Waals surface area contributed by atoms with Gasteiger partial charge in [0.1, 0.15) is 23.6 Å². The van der Waals surface area contributed by atoms with Crippen molar-refractivity contribution < 1.29 is 21.6 Å². The van der Waals surface area contributed by atoms with Crippen LogP contribution in [0.5, 0.6) is 0 Å². The fraction of sp³-hybridized carbons (Fsp3) is 0.370. The molecule has 202 valence electrons. The van der Waals surface area contributed by atoms with E-state index in [1.54, 1.807) is 19.2 Å². The summed E-state index contributed by atoms with van der Waals surface area (Å²) in [5.41, 5.74) is 2.12. The van der Waals surface area contributed by atoms with E-state index in [9.17, 15) is 17.2 Å². The summed E-state index contributed by atoms with van der Waals surface area (Å²) in [7, 11) is -3.43. The number of benzene rings is 1. The summed E-state index contributed by atoms with van der Waals surface area (Å²) < 4.78 is 60.4. The van der Waals surface area contributed by atoms with Gasteiger partial charge in [-0.2, -0.15) is 5.10 Å². The molecule has 3 atom stereocenters. The van der Waals surface area contributed by atoms with Gasteiger partial charge in [0.2, 0.25) is 15.9 Å². The summed E-state index contributed by atoms with van der Waals surface area (Å²) in [6, 6.07) is 4.90. The van der Waals surface area contributed by atoms with E-state index in [1.165, 1.54) is 30.7 Å². The molecule has 1 aromatic carbocycles. The normalized spacial score (nSPS) is 22.2. The van der Waals surface area contributed by atoms with Gasteiger partial charge in [-0.05, 0) is 54.9 Å². The Balaban J connectivity index is 1.42. The molecule has 0 unspecified atom stereocenters. The van der Waals surface area contributed by atoms with Crippen molar-refractivity contribution in [2.75, 3.05) is 6.26 Å². The maximum Gasteiger partial charge on any atom is 0.246 e. The van der Waals surface area contributed by atoms with Gasteiger partial charge in [0, 0.05) is 6.20 Å². The lowest BCUT2D eigenvalue weighted by Crippen LogP contribution is -2.38. The van der Waals surface area contributed by atoms with Crippen LogP contribution in [0.1, 0.15) is 68.2 Å². The summed E-state index contributed by atoms with van der Waals surface area (Å²) in [6.07, 6.45) is 7.30. The van der Waals surface area contributed by atoms with E-state index < -0.39 is 33.1 Å². The third kappa shape index (κ3) is 3.88. The van der Waals surface area contributed by atoms with Crippen molar-refractivity contribution in [1.29, 1.82) is 0 Å². The van der Waals surface area contributed by atoms with E-state index in [1.807, 2.05) is 0 Å². The molecular formula is C27H26F2N6O3S. The third-order valence-corrected chi connectivity index (χ3v) is 9.03. The molecule has 0 aliphatic heterocycles. The monoisotopic (exact) mass is 552 g/mol. The average molecular weight is 553 g/mol. The van der Waals surface area contributed by atoms with Crippen LogP contribution in [-0.2, 0) is 15.4 Å². The summed E-state index contributed by atoms with van der Waals surface area (Å²) in [5, 5.41) is 8.82. The molecule has 2 bridgehead atoms. The summed E-state index contributed by atoms with van der Waals surface area (Å²) >= 11 is 0. The zero-order valence-corrected chi connectivity index (χ0v) is 22.6. The van der Waals surface area contributed by atoms with Crippen LogP contribution in [-0.4, -0.2) is 39.8 Å². The standard InChI is InChI=1S/C27H26F2N6O3S/c1-14(35-39(4,36)37)21-13-38-25(32-21)20-11-30-12-22(31-20)27-9-8-16(26(27,2)3)15-10-19(33-34-24(15)27)23-17(28)6-5-7-18(23)29/h5-7,10-14,16,35H,8-9H2,1-4H3/t14-,16-,27-/m0/s1. The molecule has 39 heavy (non-hydrogen) atoms. The van der Waals surface area contributed by atoms with Crippen molar-refractivity contribution in [3.63, 3.8) is 0 Å². The maximum absolute atomic E-state index is 14.5. The minimum Gasteiger partial charge on any atom is -0.443 e. The highest BCUT2D eigenvalue weighted by atomic mass is 32.2. The Hall–Kier alpha value is -3.64. The Morgan fingerprint density at radius 3 is 2.56 bits per heavy atom. The molecule has 1 fully saturated rings. The summed E-state index contributed by atoms with van der Waals surface area (Å²) in [4.78, 5) is 13.8. The van der Waals surface area contributed by atoms with Crippen molar-refractivity contribution in [2.24, 2.45) is 5.41 Å². The Morgan fingerprint density at radius 1 is 1.10 bits per heavy atom. The first-order valence-electron chi connectivity index (χ1n) is 12.5. The lowest BCUT2D eigenvalue weighted by molar-refractivity contribution is 0.242. The molecular weight excluding hydrogens is 526 g/mol. The molecule has 0 radical (unpaired) electrons.